The number of aromatic nitrogens is 2. The maximum absolute atomic E-state index is 4.11. The summed E-state index contributed by atoms with van der Waals surface area (Å²) in [6.45, 7) is 2.04. The van der Waals surface area contributed by atoms with Crippen LogP contribution < -0.4 is 0 Å². The van der Waals surface area contributed by atoms with E-state index in [0.717, 1.165) is 10.2 Å². The van der Waals surface area contributed by atoms with Crippen LogP contribution in [0, 0.1) is 13.1 Å². The van der Waals surface area contributed by atoms with Gasteiger partial charge >= 0.3 is 0 Å². The molecule has 53 valence electrons. The van der Waals surface area contributed by atoms with Crippen molar-refractivity contribution in [2.24, 2.45) is 0 Å². The minimum Gasteiger partial charge on any atom is -0.374 e. The average molecular weight is 238 g/mol. The zero-order valence-electron chi connectivity index (χ0n) is 6.03. The van der Waals surface area contributed by atoms with E-state index in [1.54, 1.807) is 11.3 Å². The third-order valence-electron chi connectivity index (χ3n) is 1.35. The normalized spacial score (nSPS) is 9.55. The molecule has 2 aromatic rings. The Labute approximate surface area is 93.9 Å². The van der Waals surface area contributed by atoms with Gasteiger partial charge in [0.25, 0.3) is 0 Å². The zero-order chi connectivity index (χ0) is 6.97. The second kappa shape index (κ2) is 3.70. The van der Waals surface area contributed by atoms with Gasteiger partial charge in [-0.2, -0.15) is 11.3 Å². The molecule has 2 nitrogen and oxygen atoms in total. The molecule has 0 spiro atoms. The van der Waals surface area contributed by atoms with Gasteiger partial charge in [-0.3, -0.25) is 0 Å². The molecular formula is C7H5N2SY-. The molecule has 0 aliphatic heterocycles. The first-order valence-corrected chi connectivity index (χ1v) is 3.82. The van der Waals surface area contributed by atoms with Gasteiger partial charge in [-0.25, -0.2) is 0 Å². The summed E-state index contributed by atoms with van der Waals surface area (Å²) >= 11 is 1.63. The quantitative estimate of drug-likeness (QED) is 0.654. The maximum atomic E-state index is 4.11. The molecule has 0 aromatic carbocycles. The van der Waals surface area contributed by atoms with Crippen LogP contribution in [0.2, 0.25) is 0 Å². The van der Waals surface area contributed by atoms with E-state index < -0.39 is 0 Å². The van der Waals surface area contributed by atoms with E-state index in [0.29, 0.717) is 0 Å². The summed E-state index contributed by atoms with van der Waals surface area (Å²) in [5.74, 6) is 0. The first-order valence-electron chi connectivity index (χ1n) is 2.94. The Morgan fingerprint density at radius 1 is 1.55 bits per heavy atom. The zero-order valence-corrected chi connectivity index (χ0v) is 9.69. The predicted molar refractivity (Wildman–Crippen MR) is 41.0 cm³/mol. The Bertz CT molecular complexity index is 358. The summed E-state index contributed by atoms with van der Waals surface area (Å²) in [7, 11) is 0. The molecule has 0 atom stereocenters. The molecule has 0 N–H and O–H groups in total. The molecule has 0 saturated carbocycles. The van der Waals surface area contributed by atoms with Crippen molar-refractivity contribution < 1.29 is 32.7 Å². The molecule has 11 heavy (non-hydrogen) atoms. The third-order valence-corrected chi connectivity index (χ3v) is 2.34. The van der Waals surface area contributed by atoms with Crippen molar-refractivity contribution in [3.8, 4) is 0 Å². The average Bonchev–Trinajstić information content (AvgIpc) is 2.34. The molecule has 4 heteroatoms. The molecule has 0 unspecified atom stereocenters. The van der Waals surface area contributed by atoms with Gasteiger partial charge in [0, 0.05) is 39.0 Å². The first-order chi connectivity index (χ1) is 4.88. The molecule has 0 saturated heterocycles. The molecule has 0 bridgehead atoms. The van der Waals surface area contributed by atoms with E-state index >= 15 is 0 Å². The Morgan fingerprint density at radius 3 is 3.09 bits per heavy atom. The molecule has 2 rings (SSSR count). The van der Waals surface area contributed by atoms with E-state index in [2.05, 4.69) is 21.5 Å². The molecule has 2 aromatic heterocycles. The van der Waals surface area contributed by atoms with Gasteiger partial charge in [0.1, 0.15) is 0 Å². The van der Waals surface area contributed by atoms with E-state index in [-0.39, 0.29) is 32.7 Å². The van der Waals surface area contributed by atoms with Gasteiger partial charge in [0.2, 0.25) is 0 Å². The van der Waals surface area contributed by atoms with Crippen LogP contribution in [0.3, 0.4) is 0 Å². The minimum atomic E-state index is 0. The second-order valence-corrected chi connectivity index (χ2v) is 2.96. The number of rotatable bonds is 0. The molecule has 0 fully saturated rings. The standard InChI is InChI=1S/C7H5N2S.Y/c1-5-3-10-6-2-8-4-9-7(5)6;/h3-4H,1H3;/q-1;. The van der Waals surface area contributed by atoms with Crippen molar-refractivity contribution >= 4 is 21.6 Å². The molecule has 2 heterocycles. The van der Waals surface area contributed by atoms with Crippen LogP contribution in [0.25, 0.3) is 10.2 Å². The van der Waals surface area contributed by atoms with Gasteiger partial charge in [-0.15, -0.1) is 0 Å². The number of hydrogen-bond acceptors (Lipinski definition) is 3. The largest absolute Gasteiger partial charge is 0.374 e. The molecule has 0 amide bonds. The van der Waals surface area contributed by atoms with Crippen molar-refractivity contribution in [1.82, 2.24) is 9.97 Å². The van der Waals surface area contributed by atoms with E-state index in [4.69, 9.17) is 0 Å². The van der Waals surface area contributed by atoms with Gasteiger partial charge in [-0.1, -0.05) is 11.8 Å². The molecule has 0 aliphatic rings. The smallest absolute Gasteiger partial charge is 0.0000718 e. The Kier molecular flexibility index (Phi) is 3.10. The summed E-state index contributed by atoms with van der Waals surface area (Å²) in [5, 5.41) is 2.07. The fraction of sp³-hybridized carbons (Fsp3) is 0.143. The maximum Gasteiger partial charge on any atom is 0.0000718 e. The monoisotopic (exact) mass is 238 g/mol. The number of aryl methyl sites for hydroxylation is 1. The van der Waals surface area contributed by atoms with E-state index in [1.165, 1.54) is 11.9 Å². The first kappa shape index (κ1) is 9.23. The number of nitrogens with zero attached hydrogens (tertiary/aromatic N) is 2. The molecule has 1 radical (unpaired) electrons. The topological polar surface area (TPSA) is 25.8 Å². The Balaban J connectivity index is 0.000000605. The van der Waals surface area contributed by atoms with Gasteiger partial charge in [-0.05, 0) is 22.5 Å². The molecular weight excluding hydrogens is 233 g/mol. The summed E-state index contributed by atoms with van der Waals surface area (Å²) in [6, 6.07) is 0. The minimum absolute atomic E-state index is 0. The van der Waals surface area contributed by atoms with Gasteiger partial charge < -0.3 is 9.97 Å². The fourth-order valence-electron chi connectivity index (χ4n) is 0.852. The summed E-state index contributed by atoms with van der Waals surface area (Å²) in [4.78, 5) is 7.91. The van der Waals surface area contributed by atoms with Crippen molar-refractivity contribution in [1.29, 1.82) is 0 Å². The van der Waals surface area contributed by atoms with Crippen molar-refractivity contribution in [2.45, 2.75) is 6.92 Å². The predicted octanol–water partition coefficient (Wildman–Crippen LogP) is 1.80. The van der Waals surface area contributed by atoms with Crippen molar-refractivity contribution in [3.63, 3.8) is 0 Å². The summed E-state index contributed by atoms with van der Waals surface area (Å²) in [5.41, 5.74) is 2.23. The van der Waals surface area contributed by atoms with Crippen LogP contribution in [0.4, 0.5) is 0 Å². The fourth-order valence-corrected chi connectivity index (χ4v) is 1.69. The summed E-state index contributed by atoms with van der Waals surface area (Å²) in [6.07, 6.45) is 4.41. The van der Waals surface area contributed by atoms with Crippen LogP contribution in [0.5, 0.6) is 0 Å². The van der Waals surface area contributed by atoms with Crippen LogP contribution >= 0.6 is 11.3 Å². The summed E-state index contributed by atoms with van der Waals surface area (Å²) < 4.78 is 1.04. The van der Waals surface area contributed by atoms with E-state index in [1.807, 2.05) is 6.92 Å². The SMILES string of the molecule is Cc1csc2[c-]ncnc12.[Y]. The third kappa shape index (κ3) is 1.66. The van der Waals surface area contributed by atoms with Crippen LogP contribution in [0.15, 0.2) is 11.7 Å². The van der Waals surface area contributed by atoms with Crippen molar-refractivity contribution in [2.75, 3.05) is 0 Å². The van der Waals surface area contributed by atoms with Crippen LogP contribution in [0.1, 0.15) is 5.56 Å². The number of hydrogen-bond donors (Lipinski definition) is 0. The van der Waals surface area contributed by atoms with Crippen LogP contribution in [-0.2, 0) is 32.7 Å². The van der Waals surface area contributed by atoms with Crippen molar-refractivity contribution in [3.05, 3.63) is 23.5 Å². The number of thiophene rings is 1. The second-order valence-electron chi connectivity index (χ2n) is 2.08. The number of fused-ring (bicyclic) bond motifs is 1. The Morgan fingerprint density at radius 2 is 2.36 bits per heavy atom. The van der Waals surface area contributed by atoms with Crippen LogP contribution in [-0.4, -0.2) is 9.97 Å². The van der Waals surface area contributed by atoms with Gasteiger partial charge in [0.05, 0.1) is 0 Å². The van der Waals surface area contributed by atoms with E-state index in [9.17, 15) is 0 Å². The van der Waals surface area contributed by atoms with Gasteiger partial charge in [0.15, 0.2) is 0 Å². The molecule has 0 aliphatic carbocycles. The Hall–Kier alpha value is 0.144.